The number of nitrogen functional groups attached to an aromatic ring is 3. The van der Waals surface area contributed by atoms with Gasteiger partial charge < -0.3 is 64.0 Å². The summed E-state index contributed by atoms with van der Waals surface area (Å²) in [4.78, 5) is 81.8. The third-order valence-electron chi connectivity index (χ3n) is 16.0. The number of quaternary nitrogens is 2. The Hall–Kier alpha value is -5.14. The lowest BCUT2D eigenvalue weighted by atomic mass is 9.81. The van der Waals surface area contributed by atoms with Crippen LogP contribution in [0, 0.1) is 20.8 Å². The fourth-order valence-corrected chi connectivity index (χ4v) is 17.3. The van der Waals surface area contributed by atoms with Crippen molar-refractivity contribution in [1.82, 2.24) is 4.90 Å². The summed E-state index contributed by atoms with van der Waals surface area (Å²) in [5.41, 5.74) is 29.1. The van der Waals surface area contributed by atoms with E-state index in [2.05, 4.69) is 80.9 Å². The predicted molar refractivity (Wildman–Crippen MR) is 392 cm³/mol. The number of hydrogen-bond donors (Lipinski definition) is 6. The molecule has 0 amide bonds. The maximum atomic E-state index is 13.5. The molecule has 0 aromatic heterocycles. The minimum atomic E-state index is -0.196. The number of aryl methyl sites for hydroxylation is 3. The highest BCUT2D eigenvalue weighted by atomic mass is 79.9. The Labute approximate surface area is 582 Å². The first-order chi connectivity index (χ1) is 42.4. The van der Waals surface area contributed by atoms with E-state index < -0.39 is 0 Å². The number of benzene rings is 6. The number of carbonyl (C=O) groups is 6. The maximum Gasteiger partial charge on any atom is 0.196 e. The highest BCUT2D eigenvalue weighted by Crippen LogP contribution is 2.41. The van der Waals surface area contributed by atoms with Crippen LogP contribution in [-0.2, 0) is 0 Å². The van der Waals surface area contributed by atoms with Crippen LogP contribution in [0.3, 0.4) is 0 Å². The van der Waals surface area contributed by atoms with Crippen molar-refractivity contribution in [2.24, 2.45) is 0 Å². The molecular formula is C69H89Br3N9O6S4+. The summed E-state index contributed by atoms with van der Waals surface area (Å²) in [7, 11) is 20.7. The van der Waals surface area contributed by atoms with Crippen LogP contribution in [0.15, 0.2) is 91.0 Å². The van der Waals surface area contributed by atoms with Crippen molar-refractivity contribution in [3.8, 4) is 0 Å². The van der Waals surface area contributed by atoms with Crippen molar-refractivity contribution in [1.29, 1.82) is 0 Å². The molecule has 3 aliphatic carbocycles. The third-order valence-corrected chi connectivity index (χ3v) is 22.6. The Balaban J connectivity index is 0.000000354. The van der Waals surface area contributed by atoms with E-state index in [1.54, 1.807) is 72.8 Å². The van der Waals surface area contributed by atoms with Crippen LogP contribution in [0.25, 0.3) is 0 Å². The van der Waals surface area contributed by atoms with Crippen molar-refractivity contribution < 1.29 is 54.7 Å². The van der Waals surface area contributed by atoms with Gasteiger partial charge in [0.2, 0.25) is 0 Å². The molecule has 0 radical (unpaired) electrons. The number of halogens is 3. The maximum absolute atomic E-state index is 13.5. The van der Waals surface area contributed by atoms with Gasteiger partial charge in [-0.3, -0.25) is 28.8 Å². The number of rotatable bonds is 27. The highest BCUT2D eigenvalue weighted by molar-refractivity contribution is 9.09. The molecule has 6 aromatic carbocycles. The molecule has 9 N–H and O–H groups in total. The van der Waals surface area contributed by atoms with Crippen LogP contribution >= 0.6 is 75.0 Å². The Bertz CT molecular complexity index is 3460. The van der Waals surface area contributed by atoms with Gasteiger partial charge in [0.1, 0.15) is 0 Å². The van der Waals surface area contributed by atoms with Gasteiger partial charge in [-0.2, -0.15) is 0 Å². The number of carbonyl (C=O) groups excluding carboxylic acids is 6. The molecule has 6 aromatic rings. The van der Waals surface area contributed by atoms with Gasteiger partial charge in [0.05, 0.1) is 99.3 Å². The molecule has 3 aliphatic rings. The van der Waals surface area contributed by atoms with E-state index in [0.717, 1.165) is 106 Å². The van der Waals surface area contributed by atoms with E-state index in [9.17, 15) is 28.8 Å². The zero-order valence-corrected chi connectivity index (χ0v) is 61.0. The Morgan fingerprint density at radius 3 is 0.934 bits per heavy atom. The van der Waals surface area contributed by atoms with E-state index in [4.69, 9.17) is 17.2 Å². The second kappa shape index (κ2) is 35.4. The topological polar surface area (TPSA) is 220 Å². The number of ketones is 6. The molecule has 0 saturated carbocycles. The van der Waals surface area contributed by atoms with Gasteiger partial charge in [-0.1, -0.05) is 155 Å². The van der Waals surface area contributed by atoms with E-state index in [1.165, 1.54) is 11.5 Å². The van der Waals surface area contributed by atoms with Gasteiger partial charge in [-0.05, 0) is 82.7 Å². The number of hydrogen-bond acceptors (Lipinski definition) is 17. The molecule has 0 atom stereocenters. The van der Waals surface area contributed by atoms with E-state index in [0.29, 0.717) is 114 Å². The lowest BCUT2D eigenvalue weighted by molar-refractivity contribution is -0.887. The highest BCUT2D eigenvalue weighted by Gasteiger charge is 2.37. The molecule has 0 fully saturated rings. The van der Waals surface area contributed by atoms with Crippen LogP contribution in [-0.4, -0.2) is 177 Å². The number of anilines is 6. The molecule has 0 heterocycles. The monoisotopic (exact) mass is 1500 g/mol. The summed E-state index contributed by atoms with van der Waals surface area (Å²) in [5, 5.41) is 12.4. The van der Waals surface area contributed by atoms with Crippen LogP contribution in [0.4, 0.5) is 34.1 Å². The van der Waals surface area contributed by atoms with Crippen LogP contribution in [0.5, 0.6) is 0 Å². The zero-order valence-electron chi connectivity index (χ0n) is 53.0. The minimum Gasteiger partial charge on any atom is -1.00 e. The molecule has 0 aliphatic heterocycles. The number of nitrogens with one attached hydrogen (secondary N) is 3. The molecule has 0 unspecified atom stereocenters. The second-order valence-corrected chi connectivity index (χ2v) is 30.9. The summed E-state index contributed by atoms with van der Waals surface area (Å²) < 4.78 is 1.77. The lowest BCUT2D eigenvalue weighted by Gasteiger charge is -2.31. The van der Waals surface area contributed by atoms with Crippen LogP contribution in [0.1, 0.15) is 139 Å². The molecule has 0 spiro atoms. The third kappa shape index (κ3) is 19.1. The van der Waals surface area contributed by atoms with E-state index >= 15 is 0 Å². The smallest absolute Gasteiger partial charge is 0.196 e. The van der Waals surface area contributed by atoms with E-state index in [1.807, 2.05) is 96.2 Å². The zero-order chi connectivity index (χ0) is 64.7. The average Bonchev–Trinajstić information content (AvgIpc) is 0.763. The van der Waals surface area contributed by atoms with E-state index in [-0.39, 0.29) is 59.1 Å². The molecule has 490 valence electrons. The van der Waals surface area contributed by atoms with Crippen molar-refractivity contribution in [3.63, 3.8) is 0 Å². The summed E-state index contributed by atoms with van der Waals surface area (Å²) in [5.74, 6) is 3.45. The lowest BCUT2D eigenvalue weighted by Crippen LogP contribution is -3.00. The summed E-state index contributed by atoms with van der Waals surface area (Å²) >= 11 is 6.71. The SMILES string of the molecule is BrCCSSCCBr.C.Cc1cc(NCCCN(C)C)c2c(c1N)C(=O)c1ccccc1C2=O.Cc1cc(NCCC[N+](C)(C)CCSSCC[N+](C)(C)CCCNc2cc(C)c(N)c3c2C(=O)c2ccccc2C3=O)c2c(c1N)C(=O)c1ccccc1C2=O.[Br-]. The van der Waals surface area contributed by atoms with Crippen LogP contribution in [0.2, 0.25) is 0 Å². The molecule has 9 rings (SSSR count). The predicted octanol–water partition coefficient (Wildman–Crippen LogP) is 10.4. The number of nitrogens with zero attached hydrogens (tertiary/aromatic N) is 3. The molecule has 0 bridgehead atoms. The largest absolute Gasteiger partial charge is 1.00 e. The van der Waals surface area contributed by atoms with Gasteiger partial charge in [0.15, 0.2) is 34.7 Å². The standard InChI is InChI=1S/C44H52N6O4S2.C20H23N3O2.C4H8Br2S2.CH4.BrH/c1-27-25-33(35-37(39(27)45)43(53)31-15-9-7-13-29(31)41(35)51)47-17-11-19-49(3,4)21-23-55-56-24-22-50(5,6)20-12-18-48-34-26-28(2)40(46)38-36(34)42(52)30-14-8-10-16-32(30)44(38)54;1-12-11-15(22-9-6-10-23(2)3)16-17(18(12)21)20(25)14-8-5-4-7-13(14)19(16)24;5-1-3-7-8-4-2-6;;/h7-10,13-16,25-26H,11-12,17-24H2,1-6H3,(H4-2,45,46,47,48,51,52,53,54);4-5,7-8,11,22H,6,9-10,21H2,1-3H3;1-4H2;1H4;1H/p+1. The van der Waals surface area contributed by atoms with Crippen molar-refractivity contribution >= 4 is 144 Å². The minimum absolute atomic E-state index is 0. The van der Waals surface area contributed by atoms with Gasteiger partial charge in [0, 0.05) is 122 Å². The fraction of sp³-hybridized carbons (Fsp3) is 0.391. The molecule has 15 nitrogen and oxygen atoms in total. The molecule has 91 heavy (non-hydrogen) atoms. The number of fused-ring (bicyclic) bond motifs is 6. The Morgan fingerprint density at radius 2 is 0.670 bits per heavy atom. The summed E-state index contributed by atoms with van der Waals surface area (Å²) in [6, 6.07) is 26.5. The van der Waals surface area contributed by atoms with Gasteiger partial charge in [-0.25, -0.2) is 0 Å². The average molecular weight is 1510 g/mol. The normalized spacial score (nSPS) is 12.8. The first kappa shape index (κ1) is 76.6. The second-order valence-electron chi connectivity index (χ2n) is 23.9. The molecular weight excluding hydrogens is 1420 g/mol. The first-order valence-corrected chi connectivity index (χ1v) is 37.1. The van der Waals surface area contributed by atoms with Crippen LogP contribution < -0.4 is 50.1 Å². The van der Waals surface area contributed by atoms with Crippen molar-refractivity contribution in [2.45, 2.75) is 47.5 Å². The van der Waals surface area contributed by atoms with Gasteiger partial charge >= 0.3 is 0 Å². The number of nitrogens with two attached hydrogens (primary N) is 3. The van der Waals surface area contributed by atoms with Crippen molar-refractivity contribution in [2.75, 3.05) is 161 Å². The van der Waals surface area contributed by atoms with Gasteiger partial charge in [-0.15, -0.1) is 0 Å². The summed E-state index contributed by atoms with van der Waals surface area (Å²) in [6.45, 7) is 12.6. The first-order valence-electron chi connectivity index (χ1n) is 29.9. The fourth-order valence-electron chi connectivity index (χ4n) is 10.9. The number of alkyl halides is 2. The summed E-state index contributed by atoms with van der Waals surface area (Å²) in [6.07, 6.45) is 2.75. The molecule has 0 saturated heterocycles. The Kier molecular flexibility index (Phi) is 29.8. The van der Waals surface area contributed by atoms with Crippen molar-refractivity contribution in [3.05, 3.63) is 174 Å². The Morgan fingerprint density at radius 1 is 0.418 bits per heavy atom. The van der Waals surface area contributed by atoms with Gasteiger partial charge in [0.25, 0.3) is 0 Å². The molecule has 22 heteroatoms. The quantitative estimate of drug-likeness (QED) is 0.00927.